The molecular formula is C11H23N. The van der Waals surface area contributed by atoms with Gasteiger partial charge >= 0.3 is 0 Å². The van der Waals surface area contributed by atoms with Crippen LogP contribution in [0.2, 0.25) is 0 Å². The molecule has 5 unspecified atom stereocenters. The Balaban J connectivity index is 2.63. The SMILES string of the molecule is CCC1NC(C)C(C)C(C)C1C. The van der Waals surface area contributed by atoms with Crippen LogP contribution in [0.15, 0.2) is 0 Å². The fraction of sp³-hybridized carbons (Fsp3) is 1.00. The second-order valence-corrected chi connectivity index (χ2v) is 4.55. The minimum absolute atomic E-state index is 0.696. The van der Waals surface area contributed by atoms with E-state index in [9.17, 15) is 0 Å². The van der Waals surface area contributed by atoms with Gasteiger partial charge in [-0.05, 0) is 31.1 Å². The predicted molar refractivity (Wildman–Crippen MR) is 54.2 cm³/mol. The second-order valence-electron chi connectivity index (χ2n) is 4.55. The van der Waals surface area contributed by atoms with Gasteiger partial charge in [-0.15, -0.1) is 0 Å². The van der Waals surface area contributed by atoms with Gasteiger partial charge in [-0.1, -0.05) is 27.7 Å². The average molecular weight is 169 g/mol. The highest BCUT2D eigenvalue weighted by atomic mass is 15.0. The van der Waals surface area contributed by atoms with Crippen LogP contribution in [0.5, 0.6) is 0 Å². The lowest BCUT2D eigenvalue weighted by Crippen LogP contribution is -2.53. The minimum atomic E-state index is 0.696. The molecule has 1 N–H and O–H groups in total. The quantitative estimate of drug-likeness (QED) is 0.636. The molecule has 0 amide bonds. The molecule has 0 spiro atoms. The van der Waals surface area contributed by atoms with Gasteiger partial charge in [0.2, 0.25) is 0 Å². The molecular weight excluding hydrogens is 146 g/mol. The summed E-state index contributed by atoms with van der Waals surface area (Å²) in [4.78, 5) is 0. The zero-order chi connectivity index (χ0) is 9.30. The van der Waals surface area contributed by atoms with Gasteiger partial charge in [-0.3, -0.25) is 0 Å². The van der Waals surface area contributed by atoms with E-state index in [1.807, 2.05) is 0 Å². The lowest BCUT2D eigenvalue weighted by molar-refractivity contribution is 0.116. The van der Waals surface area contributed by atoms with Crippen LogP contribution in [0.25, 0.3) is 0 Å². The van der Waals surface area contributed by atoms with Crippen molar-refractivity contribution in [3.8, 4) is 0 Å². The first-order valence-electron chi connectivity index (χ1n) is 5.34. The molecule has 12 heavy (non-hydrogen) atoms. The predicted octanol–water partition coefficient (Wildman–Crippen LogP) is 2.67. The Bertz CT molecular complexity index is 139. The van der Waals surface area contributed by atoms with Crippen molar-refractivity contribution in [3.63, 3.8) is 0 Å². The van der Waals surface area contributed by atoms with Gasteiger partial charge in [0.25, 0.3) is 0 Å². The van der Waals surface area contributed by atoms with Crippen molar-refractivity contribution in [1.82, 2.24) is 5.32 Å². The third-order valence-electron chi connectivity index (χ3n) is 4.00. The smallest absolute Gasteiger partial charge is 0.00953 e. The highest BCUT2D eigenvalue weighted by molar-refractivity contribution is 4.89. The van der Waals surface area contributed by atoms with E-state index in [0.717, 1.165) is 23.8 Å². The largest absolute Gasteiger partial charge is 0.311 e. The van der Waals surface area contributed by atoms with Crippen LogP contribution in [0.3, 0.4) is 0 Å². The van der Waals surface area contributed by atoms with E-state index in [-0.39, 0.29) is 0 Å². The van der Waals surface area contributed by atoms with Crippen LogP contribution in [0.4, 0.5) is 0 Å². The van der Waals surface area contributed by atoms with Gasteiger partial charge in [-0.2, -0.15) is 0 Å². The van der Waals surface area contributed by atoms with Crippen molar-refractivity contribution in [2.24, 2.45) is 17.8 Å². The van der Waals surface area contributed by atoms with Crippen molar-refractivity contribution in [3.05, 3.63) is 0 Å². The monoisotopic (exact) mass is 169 g/mol. The second kappa shape index (κ2) is 3.78. The van der Waals surface area contributed by atoms with Gasteiger partial charge in [-0.25, -0.2) is 0 Å². The molecule has 1 heteroatoms. The summed E-state index contributed by atoms with van der Waals surface area (Å²) in [6.07, 6.45) is 1.27. The fourth-order valence-electron chi connectivity index (χ4n) is 2.43. The van der Waals surface area contributed by atoms with Gasteiger partial charge in [0.15, 0.2) is 0 Å². The molecule has 1 saturated heterocycles. The maximum atomic E-state index is 3.70. The van der Waals surface area contributed by atoms with Crippen LogP contribution in [0.1, 0.15) is 41.0 Å². The van der Waals surface area contributed by atoms with E-state index in [1.165, 1.54) is 6.42 Å². The topological polar surface area (TPSA) is 12.0 Å². The number of hydrogen-bond acceptors (Lipinski definition) is 1. The van der Waals surface area contributed by atoms with Gasteiger partial charge in [0, 0.05) is 12.1 Å². The Hall–Kier alpha value is -0.0400. The van der Waals surface area contributed by atoms with Crippen LogP contribution in [0, 0.1) is 17.8 Å². The summed E-state index contributed by atoms with van der Waals surface area (Å²) >= 11 is 0. The first-order chi connectivity index (χ1) is 5.57. The lowest BCUT2D eigenvalue weighted by Gasteiger charge is -2.43. The van der Waals surface area contributed by atoms with Crippen molar-refractivity contribution in [2.45, 2.75) is 53.1 Å². The first-order valence-corrected chi connectivity index (χ1v) is 5.34. The molecule has 0 radical (unpaired) electrons. The Morgan fingerprint density at radius 2 is 1.50 bits per heavy atom. The molecule has 0 bridgehead atoms. The molecule has 5 atom stereocenters. The molecule has 1 heterocycles. The van der Waals surface area contributed by atoms with E-state index >= 15 is 0 Å². The normalized spacial score (nSPS) is 49.2. The Morgan fingerprint density at radius 1 is 0.917 bits per heavy atom. The van der Waals surface area contributed by atoms with Crippen molar-refractivity contribution in [1.29, 1.82) is 0 Å². The molecule has 0 aromatic rings. The summed E-state index contributed by atoms with van der Waals surface area (Å²) < 4.78 is 0. The number of nitrogens with one attached hydrogen (secondary N) is 1. The summed E-state index contributed by atoms with van der Waals surface area (Å²) in [7, 11) is 0. The Kier molecular flexibility index (Phi) is 3.16. The zero-order valence-electron chi connectivity index (χ0n) is 9.09. The van der Waals surface area contributed by atoms with Crippen molar-refractivity contribution < 1.29 is 0 Å². The van der Waals surface area contributed by atoms with Crippen LogP contribution in [-0.4, -0.2) is 12.1 Å². The van der Waals surface area contributed by atoms with E-state index in [2.05, 4.69) is 39.9 Å². The number of rotatable bonds is 1. The highest BCUT2D eigenvalue weighted by Crippen LogP contribution is 2.31. The summed E-state index contributed by atoms with van der Waals surface area (Å²) in [6, 6.07) is 1.44. The van der Waals surface area contributed by atoms with Crippen LogP contribution >= 0.6 is 0 Å². The number of piperidine rings is 1. The van der Waals surface area contributed by atoms with Gasteiger partial charge in [0.05, 0.1) is 0 Å². The maximum absolute atomic E-state index is 3.70. The summed E-state index contributed by atoms with van der Waals surface area (Å²) in [5.74, 6) is 2.52. The van der Waals surface area contributed by atoms with Gasteiger partial charge in [0.1, 0.15) is 0 Å². The molecule has 0 aliphatic carbocycles. The Labute approximate surface area is 76.9 Å². The minimum Gasteiger partial charge on any atom is -0.311 e. The van der Waals surface area contributed by atoms with Gasteiger partial charge < -0.3 is 5.32 Å². The fourth-order valence-corrected chi connectivity index (χ4v) is 2.43. The Morgan fingerprint density at radius 3 is 2.00 bits per heavy atom. The molecule has 1 rings (SSSR count). The highest BCUT2D eigenvalue weighted by Gasteiger charge is 2.34. The first kappa shape index (κ1) is 10.0. The molecule has 1 aliphatic rings. The van der Waals surface area contributed by atoms with E-state index in [1.54, 1.807) is 0 Å². The summed E-state index contributed by atoms with van der Waals surface area (Å²) in [5, 5.41) is 3.70. The molecule has 0 aromatic heterocycles. The molecule has 72 valence electrons. The molecule has 1 nitrogen and oxygen atoms in total. The molecule has 0 aromatic carbocycles. The van der Waals surface area contributed by atoms with E-state index in [4.69, 9.17) is 0 Å². The standard InChI is InChI=1S/C11H23N/c1-6-11-9(4)7(2)8(3)10(5)12-11/h7-12H,6H2,1-5H3. The van der Waals surface area contributed by atoms with Crippen molar-refractivity contribution >= 4 is 0 Å². The zero-order valence-corrected chi connectivity index (χ0v) is 9.09. The molecule has 0 saturated carbocycles. The van der Waals surface area contributed by atoms with Crippen molar-refractivity contribution in [2.75, 3.05) is 0 Å². The molecule has 1 fully saturated rings. The third-order valence-corrected chi connectivity index (χ3v) is 4.00. The summed E-state index contributed by atoms with van der Waals surface area (Å²) in [6.45, 7) is 11.7. The third kappa shape index (κ3) is 1.66. The lowest BCUT2D eigenvalue weighted by atomic mass is 9.73. The maximum Gasteiger partial charge on any atom is 0.00953 e. The van der Waals surface area contributed by atoms with Crippen LogP contribution < -0.4 is 5.32 Å². The number of hydrogen-bond donors (Lipinski definition) is 1. The average Bonchev–Trinajstić information content (AvgIpc) is 2.08. The summed E-state index contributed by atoms with van der Waals surface area (Å²) in [5.41, 5.74) is 0. The van der Waals surface area contributed by atoms with E-state index in [0.29, 0.717) is 6.04 Å². The van der Waals surface area contributed by atoms with E-state index < -0.39 is 0 Å². The van der Waals surface area contributed by atoms with Crippen LogP contribution in [-0.2, 0) is 0 Å². The molecule has 1 aliphatic heterocycles.